The number of nitrogens with one attached hydrogen (secondary N) is 2. The molecule has 0 aliphatic carbocycles. The molecule has 2 amide bonds. The highest BCUT2D eigenvalue weighted by Crippen LogP contribution is 2.19. The summed E-state index contributed by atoms with van der Waals surface area (Å²) in [6.07, 6.45) is 0.423. The van der Waals surface area contributed by atoms with E-state index in [1.54, 1.807) is 12.1 Å². The zero-order valence-electron chi connectivity index (χ0n) is 10.8. The van der Waals surface area contributed by atoms with Crippen molar-refractivity contribution in [3.63, 3.8) is 0 Å². The standard InChI is InChI=1S/C13H12ClFN4O2/c14-9-4-3-8(6-10(9)15)11(20)7-16-13(21)18-12-2-1-5-17-19-12/h1-6,11,20H,7H2,(H2,16,18,19,21). The van der Waals surface area contributed by atoms with Crippen molar-refractivity contribution in [2.24, 2.45) is 0 Å². The van der Waals surface area contributed by atoms with Crippen LogP contribution in [0.4, 0.5) is 15.0 Å². The van der Waals surface area contributed by atoms with Crippen LogP contribution in [0.2, 0.25) is 5.02 Å². The van der Waals surface area contributed by atoms with Gasteiger partial charge in [-0.1, -0.05) is 17.7 Å². The van der Waals surface area contributed by atoms with Crippen molar-refractivity contribution >= 4 is 23.4 Å². The van der Waals surface area contributed by atoms with Crippen LogP contribution in [0.3, 0.4) is 0 Å². The first-order valence-corrected chi connectivity index (χ1v) is 6.39. The lowest BCUT2D eigenvalue weighted by atomic mass is 10.1. The molecule has 3 N–H and O–H groups in total. The van der Waals surface area contributed by atoms with Crippen molar-refractivity contribution < 1.29 is 14.3 Å². The van der Waals surface area contributed by atoms with Crippen LogP contribution < -0.4 is 10.6 Å². The lowest BCUT2D eigenvalue weighted by Crippen LogP contribution is -2.32. The molecule has 2 rings (SSSR count). The molecule has 0 saturated heterocycles. The zero-order valence-corrected chi connectivity index (χ0v) is 11.5. The summed E-state index contributed by atoms with van der Waals surface area (Å²) in [6.45, 7) is -0.0901. The van der Waals surface area contributed by atoms with Crippen LogP contribution in [0.5, 0.6) is 0 Å². The predicted molar refractivity (Wildman–Crippen MR) is 75.4 cm³/mol. The molecule has 0 spiro atoms. The molecule has 1 atom stereocenters. The third-order valence-electron chi connectivity index (χ3n) is 2.60. The SMILES string of the molecule is O=C(NCC(O)c1ccc(Cl)c(F)c1)Nc1cccnn1. The summed E-state index contributed by atoms with van der Waals surface area (Å²) in [6, 6.07) is 6.58. The van der Waals surface area contributed by atoms with Gasteiger partial charge in [-0.2, -0.15) is 5.10 Å². The lowest BCUT2D eigenvalue weighted by Gasteiger charge is -2.13. The van der Waals surface area contributed by atoms with Gasteiger partial charge in [0, 0.05) is 12.7 Å². The van der Waals surface area contributed by atoms with Crippen molar-refractivity contribution in [3.8, 4) is 0 Å². The number of aromatic nitrogens is 2. The van der Waals surface area contributed by atoms with Gasteiger partial charge in [0.2, 0.25) is 0 Å². The smallest absolute Gasteiger partial charge is 0.320 e. The molecule has 6 nitrogen and oxygen atoms in total. The molecule has 1 heterocycles. The minimum absolute atomic E-state index is 0.0284. The number of amides is 2. The molecule has 0 aliphatic heterocycles. The maximum Gasteiger partial charge on any atom is 0.320 e. The number of rotatable bonds is 4. The molecule has 8 heteroatoms. The third-order valence-corrected chi connectivity index (χ3v) is 2.90. The molecular weight excluding hydrogens is 299 g/mol. The molecule has 0 radical (unpaired) electrons. The monoisotopic (exact) mass is 310 g/mol. The number of halogens is 2. The lowest BCUT2D eigenvalue weighted by molar-refractivity contribution is 0.174. The molecule has 21 heavy (non-hydrogen) atoms. The Morgan fingerprint density at radius 1 is 1.43 bits per heavy atom. The summed E-state index contributed by atoms with van der Waals surface area (Å²) in [7, 11) is 0. The number of benzene rings is 1. The van der Waals surface area contributed by atoms with Crippen LogP contribution >= 0.6 is 11.6 Å². The summed E-state index contributed by atoms with van der Waals surface area (Å²) in [5, 5.41) is 22.0. The minimum atomic E-state index is -1.05. The number of urea groups is 1. The fraction of sp³-hybridized carbons (Fsp3) is 0.154. The number of nitrogens with zero attached hydrogens (tertiary/aromatic N) is 2. The van der Waals surface area contributed by atoms with Gasteiger partial charge in [0.05, 0.1) is 11.1 Å². The van der Waals surface area contributed by atoms with Crippen molar-refractivity contribution in [2.45, 2.75) is 6.10 Å². The Hall–Kier alpha value is -2.25. The van der Waals surface area contributed by atoms with E-state index in [0.29, 0.717) is 5.56 Å². The van der Waals surface area contributed by atoms with E-state index < -0.39 is 18.0 Å². The maximum absolute atomic E-state index is 13.3. The Balaban J connectivity index is 1.87. The first kappa shape index (κ1) is 15.1. The summed E-state index contributed by atoms with van der Waals surface area (Å²) in [4.78, 5) is 11.6. The number of hydrogen-bond donors (Lipinski definition) is 3. The quantitative estimate of drug-likeness (QED) is 0.807. The van der Waals surface area contributed by atoms with Crippen LogP contribution in [0, 0.1) is 5.82 Å². The molecule has 0 saturated carbocycles. The number of carbonyl (C=O) groups is 1. The number of aliphatic hydroxyl groups excluding tert-OH is 1. The Bertz CT molecular complexity index is 627. The summed E-state index contributed by atoms with van der Waals surface area (Å²) in [5.41, 5.74) is 0.316. The first-order valence-electron chi connectivity index (χ1n) is 6.02. The minimum Gasteiger partial charge on any atom is -0.387 e. The van der Waals surface area contributed by atoms with E-state index in [2.05, 4.69) is 20.8 Å². The van der Waals surface area contributed by atoms with Gasteiger partial charge >= 0.3 is 6.03 Å². The molecular formula is C13H12ClFN4O2. The highest BCUT2D eigenvalue weighted by molar-refractivity contribution is 6.30. The second kappa shape index (κ2) is 6.96. The normalized spacial score (nSPS) is 11.8. The van der Waals surface area contributed by atoms with E-state index in [1.807, 2.05) is 0 Å². The van der Waals surface area contributed by atoms with E-state index in [1.165, 1.54) is 18.3 Å². The number of anilines is 1. The van der Waals surface area contributed by atoms with Crippen molar-refractivity contribution in [1.29, 1.82) is 0 Å². The molecule has 1 aromatic heterocycles. The van der Waals surface area contributed by atoms with Crippen LogP contribution in [0.15, 0.2) is 36.5 Å². The Labute approximate surface area is 125 Å². The van der Waals surface area contributed by atoms with Gasteiger partial charge < -0.3 is 10.4 Å². The van der Waals surface area contributed by atoms with E-state index in [-0.39, 0.29) is 17.4 Å². The zero-order chi connectivity index (χ0) is 15.2. The van der Waals surface area contributed by atoms with E-state index in [9.17, 15) is 14.3 Å². The molecule has 0 aliphatic rings. The van der Waals surface area contributed by atoms with E-state index in [4.69, 9.17) is 11.6 Å². The van der Waals surface area contributed by atoms with Gasteiger partial charge in [-0.05, 0) is 29.8 Å². The summed E-state index contributed by atoms with van der Waals surface area (Å²) >= 11 is 5.55. The van der Waals surface area contributed by atoms with Crippen LogP contribution in [0.1, 0.15) is 11.7 Å². The topological polar surface area (TPSA) is 87.1 Å². The van der Waals surface area contributed by atoms with Gasteiger partial charge in [-0.25, -0.2) is 9.18 Å². The van der Waals surface area contributed by atoms with Crippen molar-refractivity contribution in [1.82, 2.24) is 15.5 Å². The molecule has 1 aromatic carbocycles. The highest BCUT2D eigenvalue weighted by atomic mass is 35.5. The summed E-state index contributed by atoms with van der Waals surface area (Å²) in [5.74, 6) is -0.348. The largest absolute Gasteiger partial charge is 0.387 e. The number of hydrogen-bond acceptors (Lipinski definition) is 4. The van der Waals surface area contributed by atoms with E-state index in [0.717, 1.165) is 6.07 Å². The predicted octanol–water partition coefficient (Wildman–Crippen LogP) is 2.12. The number of aliphatic hydroxyl groups is 1. The Morgan fingerprint density at radius 2 is 2.24 bits per heavy atom. The average Bonchev–Trinajstić information content (AvgIpc) is 2.48. The highest BCUT2D eigenvalue weighted by Gasteiger charge is 2.12. The third kappa shape index (κ3) is 4.37. The van der Waals surface area contributed by atoms with Crippen molar-refractivity contribution in [3.05, 3.63) is 52.9 Å². The molecule has 0 bridgehead atoms. The second-order valence-corrected chi connectivity index (χ2v) is 4.54. The van der Waals surface area contributed by atoms with Crippen LogP contribution in [0.25, 0.3) is 0 Å². The Kier molecular flexibility index (Phi) is 5.02. The number of carbonyl (C=O) groups excluding carboxylic acids is 1. The summed E-state index contributed by atoms with van der Waals surface area (Å²) < 4.78 is 13.3. The fourth-order valence-electron chi connectivity index (χ4n) is 1.56. The van der Waals surface area contributed by atoms with E-state index >= 15 is 0 Å². The van der Waals surface area contributed by atoms with Gasteiger partial charge in [0.25, 0.3) is 0 Å². The van der Waals surface area contributed by atoms with Crippen molar-refractivity contribution in [2.75, 3.05) is 11.9 Å². The molecule has 0 fully saturated rings. The first-order chi connectivity index (χ1) is 10.1. The van der Waals surface area contributed by atoms with Gasteiger partial charge in [-0.15, -0.1) is 5.10 Å². The average molecular weight is 311 g/mol. The fourth-order valence-corrected chi connectivity index (χ4v) is 1.67. The molecule has 2 aromatic rings. The van der Waals surface area contributed by atoms with Gasteiger partial charge in [-0.3, -0.25) is 5.32 Å². The molecule has 1 unspecified atom stereocenters. The van der Waals surface area contributed by atoms with Crippen LogP contribution in [-0.2, 0) is 0 Å². The maximum atomic E-state index is 13.3. The van der Waals surface area contributed by atoms with Crippen LogP contribution in [-0.4, -0.2) is 27.9 Å². The van der Waals surface area contributed by atoms with Gasteiger partial charge in [0.1, 0.15) is 5.82 Å². The Morgan fingerprint density at radius 3 is 2.90 bits per heavy atom. The van der Waals surface area contributed by atoms with Gasteiger partial charge in [0.15, 0.2) is 5.82 Å². The molecule has 110 valence electrons. The second-order valence-electron chi connectivity index (χ2n) is 4.13.